The van der Waals surface area contributed by atoms with E-state index in [1.165, 1.54) is 12.1 Å². The van der Waals surface area contributed by atoms with E-state index in [9.17, 15) is 22.4 Å². The van der Waals surface area contributed by atoms with Crippen LogP contribution in [0.2, 0.25) is 0 Å². The average molecular weight is 281 g/mol. The summed E-state index contributed by atoms with van der Waals surface area (Å²) in [6, 6.07) is 3.55. The van der Waals surface area contributed by atoms with Crippen molar-refractivity contribution >= 4 is 5.91 Å². The highest BCUT2D eigenvalue weighted by atomic mass is 19.4. The molecule has 0 aromatic heterocycles. The van der Waals surface area contributed by atoms with Crippen LogP contribution in [0.15, 0.2) is 18.2 Å². The lowest BCUT2D eigenvalue weighted by molar-refractivity contribution is -0.139. The zero-order chi connectivity index (χ0) is 14.5. The Kier molecular flexibility index (Phi) is 5.11. The maximum Gasteiger partial charge on any atom is 0.405 e. The maximum absolute atomic E-state index is 13.3. The van der Waals surface area contributed by atoms with Gasteiger partial charge in [0.2, 0.25) is 0 Å². The van der Waals surface area contributed by atoms with Gasteiger partial charge in [-0.05, 0) is 17.7 Å². The summed E-state index contributed by atoms with van der Waals surface area (Å²) in [4.78, 5) is 11.0. The minimum atomic E-state index is -4.51. The Bertz CT molecular complexity index is 448. The lowest BCUT2D eigenvalue weighted by Crippen LogP contribution is -2.36. The summed E-state index contributed by atoms with van der Waals surface area (Å²) in [5.74, 6) is -2.10. The number of aliphatic hydroxyl groups is 1. The number of carbonyl (C=O) groups is 1. The Morgan fingerprint density at radius 3 is 2.58 bits per heavy atom. The van der Waals surface area contributed by atoms with E-state index in [0.717, 1.165) is 6.07 Å². The van der Waals surface area contributed by atoms with Crippen LogP contribution >= 0.6 is 0 Å². The number of aliphatic hydroxyl groups excluding tert-OH is 1. The van der Waals surface area contributed by atoms with Gasteiger partial charge < -0.3 is 15.2 Å². The lowest BCUT2D eigenvalue weighted by Gasteiger charge is -2.10. The topological polar surface area (TPSA) is 58.6 Å². The van der Waals surface area contributed by atoms with Crippen molar-refractivity contribution in [2.45, 2.75) is 12.8 Å². The van der Waals surface area contributed by atoms with Crippen molar-refractivity contribution in [2.24, 2.45) is 0 Å². The molecule has 0 saturated heterocycles. The van der Waals surface area contributed by atoms with Crippen LogP contribution in [-0.2, 0) is 11.4 Å². The monoisotopic (exact) mass is 281 g/mol. The lowest BCUT2D eigenvalue weighted by atomic mass is 10.2. The summed E-state index contributed by atoms with van der Waals surface area (Å²) in [6.45, 7) is -2.56. The second-order valence-corrected chi connectivity index (χ2v) is 3.60. The van der Waals surface area contributed by atoms with Gasteiger partial charge in [-0.25, -0.2) is 4.39 Å². The Morgan fingerprint density at radius 2 is 2.05 bits per heavy atom. The number of benzene rings is 1. The van der Waals surface area contributed by atoms with Crippen LogP contribution in [0.5, 0.6) is 5.75 Å². The molecule has 0 spiro atoms. The van der Waals surface area contributed by atoms with E-state index in [0.29, 0.717) is 5.56 Å². The number of amides is 1. The molecule has 106 valence electrons. The number of hydrogen-bond donors (Lipinski definition) is 2. The molecule has 0 aliphatic carbocycles. The molecule has 0 saturated carbocycles. The van der Waals surface area contributed by atoms with Gasteiger partial charge in [-0.15, -0.1) is 0 Å². The molecule has 1 amide bonds. The van der Waals surface area contributed by atoms with Crippen LogP contribution in [0.1, 0.15) is 5.56 Å². The fourth-order valence-electron chi connectivity index (χ4n) is 1.15. The molecule has 4 nitrogen and oxygen atoms in total. The van der Waals surface area contributed by atoms with Gasteiger partial charge in [0.1, 0.15) is 6.54 Å². The van der Waals surface area contributed by atoms with Crippen LogP contribution in [-0.4, -0.2) is 30.3 Å². The summed E-state index contributed by atoms with van der Waals surface area (Å²) in [7, 11) is 0. The summed E-state index contributed by atoms with van der Waals surface area (Å²) in [6.07, 6.45) is -4.51. The Morgan fingerprint density at radius 1 is 1.37 bits per heavy atom. The first-order valence-corrected chi connectivity index (χ1v) is 5.17. The minimum Gasteiger partial charge on any atom is -0.481 e. The molecule has 0 heterocycles. The van der Waals surface area contributed by atoms with Crippen molar-refractivity contribution in [3.8, 4) is 5.75 Å². The fourth-order valence-corrected chi connectivity index (χ4v) is 1.15. The molecule has 0 fully saturated rings. The van der Waals surface area contributed by atoms with Crippen molar-refractivity contribution in [3.63, 3.8) is 0 Å². The molecule has 0 aliphatic heterocycles. The quantitative estimate of drug-likeness (QED) is 0.802. The van der Waals surface area contributed by atoms with Crippen molar-refractivity contribution in [3.05, 3.63) is 29.6 Å². The Hall–Kier alpha value is -1.83. The molecule has 0 atom stereocenters. The first kappa shape index (κ1) is 15.2. The predicted octanol–water partition coefficient (Wildman–Crippen LogP) is 1.38. The molecule has 1 aromatic carbocycles. The minimum absolute atomic E-state index is 0.278. The van der Waals surface area contributed by atoms with E-state index in [2.05, 4.69) is 0 Å². The van der Waals surface area contributed by atoms with E-state index < -0.39 is 31.1 Å². The SMILES string of the molecule is O=C(COc1ccc(CO)cc1F)NCC(F)(F)F. The van der Waals surface area contributed by atoms with Crippen LogP contribution in [0.4, 0.5) is 17.6 Å². The van der Waals surface area contributed by atoms with Crippen LogP contribution < -0.4 is 10.1 Å². The summed E-state index contributed by atoms with van der Waals surface area (Å²) in [5, 5.41) is 10.3. The van der Waals surface area contributed by atoms with Gasteiger partial charge in [0.25, 0.3) is 5.91 Å². The zero-order valence-corrected chi connectivity index (χ0v) is 9.63. The maximum atomic E-state index is 13.3. The molecule has 2 N–H and O–H groups in total. The number of nitrogens with one attached hydrogen (secondary N) is 1. The largest absolute Gasteiger partial charge is 0.481 e. The van der Waals surface area contributed by atoms with Gasteiger partial charge in [0, 0.05) is 0 Å². The standard InChI is InChI=1S/C11H11F4NO3/c12-8-3-7(4-17)1-2-9(8)19-5-10(18)16-6-11(13,14)15/h1-3,17H,4-6H2,(H,16,18). The Balaban J connectivity index is 2.46. The molecule has 19 heavy (non-hydrogen) atoms. The van der Waals surface area contributed by atoms with Crippen molar-refractivity contribution in [2.75, 3.05) is 13.2 Å². The second-order valence-electron chi connectivity index (χ2n) is 3.60. The molecular weight excluding hydrogens is 270 g/mol. The average Bonchev–Trinajstić information content (AvgIpc) is 2.34. The summed E-state index contributed by atoms with van der Waals surface area (Å²) in [5.41, 5.74) is 0.311. The van der Waals surface area contributed by atoms with Crippen molar-refractivity contribution in [1.82, 2.24) is 5.32 Å². The molecule has 0 unspecified atom stereocenters. The van der Waals surface area contributed by atoms with Gasteiger partial charge >= 0.3 is 6.18 Å². The number of alkyl halides is 3. The molecule has 1 aromatic rings. The van der Waals surface area contributed by atoms with E-state index >= 15 is 0 Å². The van der Waals surface area contributed by atoms with Gasteiger partial charge in [0.15, 0.2) is 18.2 Å². The summed E-state index contributed by atoms with van der Waals surface area (Å²) >= 11 is 0. The molecule has 8 heteroatoms. The molecule has 0 bridgehead atoms. The van der Waals surface area contributed by atoms with Crippen LogP contribution in [0, 0.1) is 5.82 Å². The predicted molar refractivity (Wildman–Crippen MR) is 56.9 cm³/mol. The molecule has 0 radical (unpaired) electrons. The third-order valence-corrected chi connectivity index (χ3v) is 2.02. The van der Waals surface area contributed by atoms with Crippen molar-refractivity contribution < 1.29 is 32.2 Å². The first-order valence-electron chi connectivity index (χ1n) is 5.17. The highest BCUT2D eigenvalue weighted by Crippen LogP contribution is 2.18. The van der Waals surface area contributed by atoms with E-state index in [4.69, 9.17) is 9.84 Å². The highest BCUT2D eigenvalue weighted by molar-refractivity contribution is 5.77. The number of halogens is 4. The molecule has 0 aliphatic rings. The normalized spacial score (nSPS) is 11.2. The van der Waals surface area contributed by atoms with Gasteiger partial charge in [-0.1, -0.05) is 6.07 Å². The molecule has 1 rings (SSSR count). The van der Waals surface area contributed by atoms with Gasteiger partial charge in [-0.3, -0.25) is 4.79 Å². The zero-order valence-electron chi connectivity index (χ0n) is 9.63. The first-order chi connectivity index (χ1) is 8.81. The van der Waals surface area contributed by atoms with Crippen LogP contribution in [0.3, 0.4) is 0 Å². The van der Waals surface area contributed by atoms with Crippen LogP contribution in [0.25, 0.3) is 0 Å². The second kappa shape index (κ2) is 6.37. The van der Waals surface area contributed by atoms with E-state index in [-0.39, 0.29) is 12.4 Å². The number of carbonyl (C=O) groups excluding carboxylic acids is 1. The molecular formula is C11H11F4NO3. The third kappa shape index (κ3) is 5.56. The third-order valence-electron chi connectivity index (χ3n) is 2.02. The van der Waals surface area contributed by atoms with Gasteiger partial charge in [-0.2, -0.15) is 13.2 Å². The highest BCUT2D eigenvalue weighted by Gasteiger charge is 2.27. The van der Waals surface area contributed by atoms with Gasteiger partial charge in [0.05, 0.1) is 6.61 Å². The van der Waals surface area contributed by atoms with Crippen molar-refractivity contribution in [1.29, 1.82) is 0 Å². The number of rotatable bonds is 5. The number of ether oxygens (including phenoxy) is 1. The summed E-state index contributed by atoms with van der Waals surface area (Å²) < 4.78 is 53.4. The van der Waals surface area contributed by atoms with E-state index in [1.807, 2.05) is 0 Å². The smallest absolute Gasteiger partial charge is 0.405 e. The number of hydrogen-bond acceptors (Lipinski definition) is 3. The Labute approximate surface area is 106 Å². The van der Waals surface area contributed by atoms with E-state index in [1.54, 1.807) is 5.32 Å². The fraction of sp³-hybridized carbons (Fsp3) is 0.364.